The first kappa shape index (κ1) is 12.6. The number of nitrogens with zero attached hydrogens (tertiary/aromatic N) is 1. The van der Waals surface area contributed by atoms with Gasteiger partial charge in [-0.15, -0.1) is 0 Å². The second-order valence-corrected chi connectivity index (χ2v) is 5.40. The van der Waals surface area contributed by atoms with Crippen LogP contribution >= 0.6 is 23.2 Å². The molecule has 0 saturated heterocycles. The molecule has 0 bridgehead atoms. The van der Waals surface area contributed by atoms with Gasteiger partial charge in [0, 0.05) is 5.56 Å². The van der Waals surface area contributed by atoms with Crippen molar-refractivity contribution in [3.8, 4) is 11.4 Å². The normalized spacial score (nSPS) is 11.4. The number of H-pyrrole nitrogens is 1. The maximum Gasteiger partial charge on any atom is 0.142 e. The molecule has 0 fully saturated rings. The SMILES string of the molecule is Cc1oc(C)c(-c2nc3cc(Cl)c(Cl)cc3[nH]2)c1C. The van der Waals surface area contributed by atoms with Gasteiger partial charge in [-0.3, -0.25) is 0 Å². The maximum atomic E-state index is 6.01. The highest BCUT2D eigenvalue weighted by atomic mass is 35.5. The Balaban J connectivity index is 2.26. The van der Waals surface area contributed by atoms with Crippen LogP contribution in [0.25, 0.3) is 22.4 Å². The quantitative estimate of drug-likeness (QED) is 0.682. The number of aromatic nitrogens is 2. The fraction of sp³-hybridized carbons (Fsp3) is 0.214. The third kappa shape index (κ3) is 1.94. The summed E-state index contributed by atoms with van der Waals surface area (Å²) in [6.07, 6.45) is 0. The Hall–Kier alpha value is -1.45. The lowest BCUT2D eigenvalue weighted by Gasteiger charge is -1.95. The van der Waals surface area contributed by atoms with Crippen LogP contribution in [0, 0.1) is 20.8 Å². The van der Waals surface area contributed by atoms with Crippen LogP contribution in [0.1, 0.15) is 17.1 Å². The van der Waals surface area contributed by atoms with Crippen LogP contribution in [0.3, 0.4) is 0 Å². The zero-order valence-corrected chi connectivity index (χ0v) is 12.3. The number of aromatic amines is 1. The van der Waals surface area contributed by atoms with Crippen LogP contribution in [0.5, 0.6) is 0 Å². The van der Waals surface area contributed by atoms with Crippen LogP contribution in [0.4, 0.5) is 0 Å². The monoisotopic (exact) mass is 294 g/mol. The number of furan rings is 1. The van der Waals surface area contributed by atoms with E-state index in [1.54, 1.807) is 12.1 Å². The minimum atomic E-state index is 0.504. The van der Waals surface area contributed by atoms with E-state index < -0.39 is 0 Å². The van der Waals surface area contributed by atoms with E-state index in [0.717, 1.165) is 39.5 Å². The predicted octanol–water partition coefficient (Wildman–Crippen LogP) is 5.05. The number of aryl methyl sites for hydroxylation is 2. The lowest BCUT2D eigenvalue weighted by atomic mass is 10.1. The van der Waals surface area contributed by atoms with Crippen molar-refractivity contribution in [2.45, 2.75) is 20.8 Å². The highest BCUT2D eigenvalue weighted by Crippen LogP contribution is 2.33. The Labute approximate surface area is 120 Å². The fourth-order valence-corrected chi connectivity index (χ4v) is 2.59. The van der Waals surface area contributed by atoms with Gasteiger partial charge in [0.15, 0.2) is 0 Å². The molecule has 2 aromatic heterocycles. The molecule has 0 aliphatic heterocycles. The molecule has 0 unspecified atom stereocenters. The van der Waals surface area contributed by atoms with Crippen molar-refractivity contribution in [2.24, 2.45) is 0 Å². The van der Waals surface area contributed by atoms with Gasteiger partial charge in [0.2, 0.25) is 0 Å². The molecular formula is C14H12Cl2N2O. The van der Waals surface area contributed by atoms with Gasteiger partial charge >= 0.3 is 0 Å². The van der Waals surface area contributed by atoms with Gasteiger partial charge in [0.05, 0.1) is 26.6 Å². The second-order valence-electron chi connectivity index (χ2n) is 4.58. The fourth-order valence-electron chi connectivity index (χ4n) is 2.26. The van der Waals surface area contributed by atoms with E-state index in [-0.39, 0.29) is 0 Å². The van der Waals surface area contributed by atoms with E-state index in [0.29, 0.717) is 10.0 Å². The Morgan fingerprint density at radius 3 is 2.37 bits per heavy atom. The molecule has 0 spiro atoms. The first-order valence-corrected chi connectivity index (χ1v) is 6.64. The topological polar surface area (TPSA) is 41.8 Å². The van der Waals surface area contributed by atoms with Crippen molar-refractivity contribution in [3.63, 3.8) is 0 Å². The van der Waals surface area contributed by atoms with E-state index in [1.165, 1.54) is 0 Å². The molecular weight excluding hydrogens is 283 g/mol. The molecule has 1 N–H and O–H groups in total. The summed E-state index contributed by atoms with van der Waals surface area (Å²) in [7, 11) is 0. The van der Waals surface area contributed by atoms with Crippen LogP contribution < -0.4 is 0 Å². The molecule has 3 nitrogen and oxygen atoms in total. The van der Waals surface area contributed by atoms with E-state index >= 15 is 0 Å². The lowest BCUT2D eigenvalue weighted by molar-refractivity contribution is 0.503. The molecule has 98 valence electrons. The van der Waals surface area contributed by atoms with Crippen molar-refractivity contribution < 1.29 is 4.42 Å². The number of hydrogen-bond donors (Lipinski definition) is 1. The first-order chi connectivity index (χ1) is 8.97. The van der Waals surface area contributed by atoms with Gasteiger partial charge in [-0.25, -0.2) is 4.98 Å². The highest BCUT2D eigenvalue weighted by molar-refractivity contribution is 6.42. The summed E-state index contributed by atoms with van der Waals surface area (Å²) < 4.78 is 5.63. The number of halogens is 2. The minimum Gasteiger partial charge on any atom is -0.466 e. The van der Waals surface area contributed by atoms with E-state index in [2.05, 4.69) is 9.97 Å². The third-order valence-corrected chi connectivity index (χ3v) is 4.04. The number of fused-ring (bicyclic) bond motifs is 1. The van der Waals surface area contributed by atoms with Gasteiger partial charge in [0.25, 0.3) is 0 Å². The molecule has 0 radical (unpaired) electrons. The largest absolute Gasteiger partial charge is 0.466 e. The molecule has 1 aromatic carbocycles. The van der Waals surface area contributed by atoms with E-state index in [4.69, 9.17) is 27.6 Å². The van der Waals surface area contributed by atoms with Gasteiger partial charge in [-0.05, 0) is 32.9 Å². The lowest BCUT2D eigenvalue weighted by Crippen LogP contribution is -1.83. The maximum absolute atomic E-state index is 6.01. The molecule has 0 aliphatic rings. The van der Waals surface area contributed by atoms with Crippen molar-refractivity contribution in [2.75, 3.05) is 0 Å². The molecule has 3 rings (SSSR count). The van der Waals surface area contributed by atoms with Crippen molar-refractivity contribution in [1.82, 2.24) is 9.97 Å². The van der Waals surface area contributed by atoms with Crippen molar-refractivity contribution >= 4 is 34.2 Å². The summed E-state index contributed by atoms with van der Waals surface area (Å²) in [4.78, 5) is 7.82. The molecule has 0 saturated carbocycles. The third-order valence-electron chi connectivity index (χ3n) is 3.32. The van der Waals surface area contributed by atoms with Crippen LogP contribution in [0.15, 0.2) is 16.5 Å². The highest BCUT2D eigenvalue weighted by Gasteiger charge is 2.17. The van der Waals surface area contributed by atoms with E-state index in [1.807, 2.05) is 20.8 Å². The number of rotatable bonds is 1. The van der Waals surface area contributed by atoms with Crippen molar-refractivity contribution in [1.29, 1.82) is 0 Å². The zero-order valence-electron chi connectivity index (χ0n) is 10.8. The predicted molar refractivity (Wildman–Crippen MR) is 78.0 cm³/mol. The summed E-state index contributed by atoms with van der Waals surface area (Å²) >= 11 is 12.0. The summed E-state index contributed by atoms with van der Waals surface area (Å²) in [6.45, 7) is 5.90. The molecule has 0 atom stereocenters. The Morgan fingerprint density at radius 2 is 1.74 bits per heavy atom. The molecule has 19 heavy (non-hydrogen) atoms. The van der Waals surface area contributed by atoms with Gasteiger partial charge in [-0.1, -0.05) is 23.2 Å². The van der Waals surface area contributed by atoms with Crippen molar-refractivity contribution in [3.05, 3.63) is 39.3 Å². The van der Waals surface area contributed by atoms with Gasteiger partial charge in [0.1, 0.15) is 17.3 Å². The number of imidazole rings is 1. The van der Waals surface area contributed by atoms with Gasteiger partial charge in [-0.2, -0.15) is 0 Å². The number of benzene rings is 1. The molecule has 0 amide bonds. The Kier molecular flexibility index (Phi) is 2.84. The molecule has 5 heteroatoms. The molecule has 3 aromatic rings. The summed E-state index contributed by atoms with van der Waals surface area (Å²) in [6, 6.07) is 3.55. The first-order valence-electron chi connectivity index (χ1n) is 5.89. The van der Waals surface area contributed by atoms with Crippen LogP contribution in [0.2, 0.25) is 10.0 Å². The Bertz CT molecular complexity index is 747. The average molecular weight is 295 g/mol. The smallest absolute Gasteiger partial charge is 0.142 e. The number of hydrogen-bond acceptors (Lipinski definition) is 2. The Morgan fingerprint density at radius 1 is 1.05 bits per heavy atom. The number of nitrogens with one attached hydrogen (secondary N) is 1. The summed E-state index contributed by atoms with van der Waals surface area (Å²) in [5.41, 5.74) is 3.75. The minimum absolute atomic E-state index is 0.504. The summed E-state index contributed by atoms with van der Waals surface area (Å²) in [5.74, 6) is 2.54. The molecule has 0 aliphatic carbocycles. The van der Waals surface area contributed by atoms with Crippen LogP contribution in [-0.4, -0.2) is 9.97 Å². The summed E-state index contributed by atoms with van der Waals surface area (Å²) in [5, 5.41) is 1.02. The zero-order chi connectivity index (χ0) is 13.7. The second kappa shape index (κ2) is 4.29. The van der Waals surface area contributed by atoms with Gasteiger partial charge < -0.3 is 9.40 Å². The van der Waals surface area contributed by atoms with E-state index in [9.17, 15) is 0 Å². The average Bonchev–Trinajstić information content (AvgIpc) is 2.82. The standard InChI is InChI=1S/C14H12Cl2N2O/c1-6-7(2)19-8(3)13(6)14-17-11-4-9(15)10(16)5-12(11)18-14/h4-5H,1-3H3,(H,17,18). The van der Waals surface area contributed by atoms with Crippen LogP contribution in [-0.2, 0) is 0 Å². The molecule has 2 heterocycles.